The van der Waals surface area contributed by atoms with Crippen LogP contribution in [0.2, 0.25) is 0 Å². The Bertz CT molecular complexity index is 3300. The van der Waals surface area contributed by atoms with Crippen LogP contribution in [0.15, 0.2) is 204 Å². The number of anilines is 3. The smallest absolute Gasteiger partial charge is 0.143 e. The van der Waals surface area contributed by atoms with Gasteiger partial charge < -0.3 is 9.32 Å². The Morgan fingerprint density at radius 2 is 1.13 bits per heavy atom. The first kappa shape index (κ1) is 23.5. The normalized spacial score (nSPS) is 13.3. The van der Waals surface area contributed by atoms with Crippen LogP contribution >= 0.6 is 0 Å². The maximum atomic E-state index is 9.37. The molecule has 9 aromatic carbocycles. The van der Waals surface area contributed by atoms with Crippen molar-refractivity contribution in [2.24, 2.45) is 0 Å². The lowest BCUT2D eigenvalue weighted by atomic mass is 9.97. The van der Waals surface area contributed by atoms with Crippen molar-refractivity contribution in [3.05, 3.63) is 200 Å². The van der Waals surface area contributed by atoms with Crippen LogP contribution in [0.25, 0.3) is 76.9 Å². The van der Waals surface area contributed by atoms with Gasteiger partial charge in [0.25, 0.3) is 0 Å². The third-order valence-electron chi connectivity index (χ3n) is 9.75. The van der Waals surface area contributed by atoms with E-state index in [2.05, 4.69) is 54.6 Å². The molecule has 0 saturated carbocycles. The molecule has 1 aromatic heterocycles. The molecule has 0 aliphatic heterocycles. The number of hydrogen-bond donors (Lipinski definition) is 0. The molecule has 0 radical (unpaired) electrons. The van der Waals surface area contributed by atoms with Gasteiger partial charge in [-0.2, -0.15) is 0 Å². The minimum Gasteiger partial charge on any atom is -0.455 e. The molecular formula is C50H33NO. The third kappa shape index (κ3) is 5.12. The molecule has 0 fully saturated rings. The summed E-state index contributed by atoms with van der Waals surface area (Å²) in [7, 11) is 0. The first-order valence-electron chi connectivity index (χ1n) is 20.7. The number of furan rings is 1. The Morgan fingerprint density at radius 1 is 0.423 bits per heavy atom. The van der Waals surface area contributed by atoms with Gasteiger partial charge in [-0.1, -0.05) is 152 Å². The predicted octanol–water partition coefficient (Wildman–Crippen LogP) is 14.4. The lowest BCUT2D eigenvalue weighted by Crippen LogP contribution is -2.10. The molecule has 10 rings (SSSR count). The second-order valence-corrected chi connectivity index (χ2v) is 12.8. The van der Waals surface area contributed by atoms with Gasteiger partial charge in [0.1, 0.15) is 11.2 Å². The number of benzene rings is 9. The fraction of sp³-hybridized carbons (Fsp3) is 0. The Balaban J connectivity index is 1.20. The Hall–Kier alpha value is -6.90. The predicted molar refractivity (Wildman–Crippen MR) is 220 cm³/mol. The van der Waals surface area contributed by atoms with Gasteiger partial charge in [-0.05, 0) is 92.7 Å². The monoisotopic (exact) mass is 670 g/mol. The van der Waals surface area contributed by atoms with Crippen LogP contribution in [-0.2, 0) is 0 Å². The molecule has 0 unspecified atom stereocenters. The highest BCUT2D eigenvalue weighted by molar-refractivity contribution is 6.19. The molecule has 1 heterocycles. The molecule has 0 spiro atoms. The summed E-state index contributed by atoms with van der Waals surface area (Å²) in [5.41, 5.74) is 8.74. The van der Waals surface area contributed by atoms with Crippen LogP contribution < -0.4 is 4.90 Å². The van der Waals surface area contributed by atoms with Crippen molar-refractivity contribution >= 4 is 60.5 Å². The van der Waals surface area contributed by atoms with E-state index in [1.807, 2.05) is 103 Å². The Labute approximate surface area is 312 Å². The second kappa shape index (κ2) is 12.5. The maximum Gasteiger partial charge on any atom is 0.143 e. The van der Waals surface area contributed by atoms with Crippen LogP contribution in [0.1, 0.15) is 9.60 Å². The second-order valence-electron chi connectivity index (χ2n) is 12.8. The summed E-state index contributed by atoms with van der Waals surface area (Å²) >= 11 is 0. The summed E-state index contributed by atoms with van der Waals surface area (Å²) in [6.45, 7) is 0. The topological polar surface area (TPSA) is 16.4 Å². The van der Waals surface area contributed by atoms with E-state index in [-0.39, 0.29) is 28.5 Å². The lowest BCUT2D eigenvalue weighted by molar-refractivity contribution is 0.673. The van der Waals surface area contributed by atoms with Gasteiger partial charge >= 0.3 is 0 Å². The third-order valence-corrected chi connectivity index (χ3v) is 9.75. The van der Waals surface area contributed by atoms with Gasteiger partial charge in [0, 0.05) is 32.9 Å². The van der Waals surface area contributed by atoms with E-state index in [1.165, 1.54) is 0 Å². The molecule has 0 saturated heterocycles. The van der Waals surface area contributed by atoms with E-state index >= 15 is 0 Å². The standard InChI is InChI=1S/C50H33NO/c1-2-12-34(13-3-1)38-17-8-18-39(32-38)35-26-29-41(30-27-35)51(47-24-10-16-36-14-4-6-21-43(36)47)42-20-9-19-40(33-42)44-23-11-25-48-49(44)46-31-28-37-15-5-7-22-45(37)50(46)52-48/h1-33H/i4D,6D,10D,14D,16D,21D,24D. The molecule has 0 bridgehead atoms. The fourth-order valence-corrected chi connectivity index (χ4v) is 7.29. The molecular weight excluding hydrogens is 631 g/mol. The van der Waals surface area contributed by atoms with E-state index in [0.717, 1.165) is 66.1 Å². The quantitative estimate of drug-likeness (QED) is 0.175. The Morgan fingerprint density at radius 3 is 2.02 bits per heavy atom. The Kier molecular flexibility index (Phi) is 5.63. The van der Waals surface area contributed by atoms with Gasteiger partial charge in [0.15, 0.2) is 0 Å². The summed E-state index contributed by atoms with van der Waals surface area (Å²) in [5.74, 6) is 0. The molecule has 0 aliphatic carbocycles. The van der Waals surface area contributed by atoms with Gasteiger partial charge in [-0.25, -0.2) is 0 Å². The minimum absolute atomic E-state index is 0.00171. The van der Waals surface area contributed by atoms with E-state index in [1.54, 1.807) is 4.90 Å². The zero-order valence-electron chi connectivity index (χ0n) is 34.9. The molecule has 0 N–H and O–H groups in total. The highest BCUT2D eigenvalue weighted by atomic mass is 16.3. The summed E-state index contributed by atoms with van der Waals surface area (Å²) in [4.78, 5) is 1.78. The van der Waals surface area contributed by atoms with Gasteiger partial charge in [-0.15, -0.1) is 0 Å². The molecule has 244 valence electrons. The van der Waals surface area contributed by atoms with Crippen molar-refractivity contribution in [2.45, 2.75) is 0 Å². The molecule has 0 aliphatic rings. The number of hydrogen-bond acceptors (Lipinski definition) is 2. The molecule has 2 heteroatoms. The molecule has 2 nitrogen and oxygen atoms in total. The number of fused-ring (bicyclic) bond motifs is 6. The molecule has 52 heavy (non-hydrogen) atoms. The van der Waals surface area contributed by atoms with Crippen molar-refractivity contribution in [3.63, 3.8) is 0 Å². The first-order valence-corrected chi connectivity index (χ1v) is 17.2. The average molecular weight is 671 g/mol. The maximum absolute atomic E-state index is 9.37. The highest BCUT2D eigenvalue weighted by Gasteiger charge is 2.19. The van der Waals surface area contributed by atoms with Crippen molar-refractivity contribution in [3.8, 4) is 33.4 Å². The van der Waals surface area contributed by atoms with Crippen LogP contribution in [0, 0.1) is 0 Å². The van der Waals surface area contributed by atoms with Crippen molar-refractivity contribution < 1.29 is 14.0 Å². The molecule has 10 aromatic rings. The summed E-state index contributed by atoms with van der Waals surface area (Å²) in [5, 5.41) is 3.92. The summed E-state index contributed by atoms with van der Waals surface area (Å²) in [6.07, 6.45) is 0. The zero-order chi connectivity index (χ0) is 40.5. The fourth-order valence-electron chi connectivity index (χ4n) is 7.29. The van der Waals surface area contributed by atoms with E-state index < -0.39 is 30.2 Å². The molecule has 0 amide bonds. The van der Waals surface area contributed by atoms with Crippen LogP contribution in [0.4, 0.5) is 17.1 Å². The zero-order valence-corrected chi connectivity index (χ0v) is 27.9. The summed E-state index contributed by atoms with van der Waals surface area (Å²) in [6, 6.07) is 49.4. The number of rotatable bonds is 6. The average Bonchev–Trinajstić information content (AvgIpc) is 3.68. The van der Waals surface area contributed by atoms with Crippen molar-refractivity contribution in [1.29, 1.82) is 0 Å². The van der Waals surface area contributed by atoms with Crippen molar-refractivity contribution in [1.82, 2.24) is 0 Å². The van der Waals surface area contributed by atoms with Crippen LogP contribution in [0.3, 0.4) is 0 Å². The summed E-state index contributed by atoms with van der Waals surface area (Å²) < 4.78 is 68.7. The SMILES string of the molecule is [2H]c1c([2H])c([2H])c2c(N(c3ccc(-c4cccc(-c5ccccc5)c4)cc3)c3cccc(-c4cccc5oc6c7ccccc7ccc6c45)c3)c([2H])c([2H])c([2H])c2c1[2H]. The van der Waals surface area contributed by atoms with Gasteiger partial charge in [-0.3, -0.25) is 0 Å². The minimum atomic E-state index is -0.497. The highest BCUT2D eigenvalue weighted by Crippen LogP contribution is 2.43. The number of nitrogens with zero attached hydrogens (tertiary/aromatic N) is 1. The largest absolute Gasteiger partial charge is 0.455 e. The lowest BCUT2D eigenvalue weighted by Gasteiger charge is -2.27. The van der Waals surface area contributed by atoms with Crippen LogP contribution in [0.5, 0.6) is 0 Å². The van der Waals surface area contributed by atoms with Gasteiger partial charge in [0.2, 0.25) is 0 Å². The molecule has 0 atom stereocenters. The van der Waals surface area contributed by atoms with E-state index in [4.69, 9.17) is 12.6 Å². The first-order chi connectivity index (χ1) is 28.7. The van der Waals surface area contributed by atoms with E-state index in [9.17, 15) is 1.37 Å². The van der Waals surface area contributed by atoms with Crippen LogP contribution in [-0.4, -0.2) is 0 Å². The van der Waals surface area contributed by atoms with Gasteiger partial charge in [0.05, 0.1) is 15.3 Å². The van der Waals surface area contributed by atoms with E-state index in [0.29, 0.717) is 11.4 Å². The van der Waals surface area contributed by atoms with Crippen molar-refractivity contribution in [2.75, 3.05) is 4.90 Å².